The Morgan fingerprint density at radius 1 is 1.11 bits per heavy atom. The Morgan fingerprint density at radius 3 is 1.94 bits per heavy atom. The van der Waals surface area contributed by atoms with Gasteiger partial charge in [-0.05, 0) is 14.1 Å². The van der Waals surface area contributed by atoms with Gasteiger partial charge in [-0.15, -0.1) is 0 Å². The largest absolute Gasteiger partial charge is 0.450 e. The summed E-state index contributed by atoms with van der Waals surface area (Å²) in [5.74, 6) is -2.84. The molecule has 1 N–H and O–H groups in total. The minimum atomic E-state index is -4.94. The number of carbonyl (C=O) groups excluding carboxylic acids is 2. The fraction of sp³-hybridized carbons (Fsp3) is 0.333. The Kier molecular flexibility index (Phi) is 6.89. The first-order valence-corrected chi connectivity index (χ1v) is 5.09. The maximum atomic E-state index is 11.8. The van der Waals surface area contributed by atoms with Crippen LogP contribution in [0.1, 0.15) is 16.8 Å². The molecule has 18 heavy (non-hydrogen) atoms. The van der Waals surface area contributed by atoms with Gasteiger partial charge in [-0.2, -0.15) is 13.2 Å². The summed E-state index contributed by atoms with van der Waals surface area (Å²) in [7, 11) is 3.75. The zero-order valence-corrected chi connectivity index (χ0v) is 10.0. The fourth-order valence-corrected chi connectivity index (χ4v) is 0.972. The number of carbonyl (C=O) groups is 2. The molecular formula is C12H14F3NO2. The number of halogens is 3. The molecule has 1 aromatic carbocycles. The third-order valence-corrected chi connectivity index (χ3v) is 1.73. The van der Waals surface area contributed by atoms with E-state index in [1.807, 2.05) is 14.1 Å². The monoisotopic (exact) mass is 261 g/mol. The summed E-state index contributed by atoms with van der Waals surface area (Å²) in [5.41, 5.74) is 0.107. The Hall–Kier alpha value is -1.69. The quantitative estimate of drug-likeness (QED) is 0.670. The first-order chi connectivity index (χ1) is 8.32. The zero-order valence-electron chi connectivity index (χ0n) is 10.0. The van der Waals surface area contributed by atoms with E-state index in [1.54, 1.807) is 6.07 Å². The van der Waals surface area contributed by atoms with Crippen molar-refractivity contribution in [1.29, 1.82) is 0 Å². The molecule has 0 radical (unpaired) electrons. The van der Waals surface area contributed by atoms with Gasteiger partial charge in [-0.3, -0.25) is 9.59 Å². The lowest BCUT2D eigenvalue weighted by Crippen LogP contribution is -2.25. The molecule has 0 saturated heterocycles. The SMILES string of the molecule is CNC.O=C(CC(=O)C(F)(F)F)c1ccccc1. The van der Waals surface area contributed by atoms with Gasteiger partial charge in [0.1, 0.15) is 0 Å². The van der Waals surface area contributed by atoms with Gasteiger partial charge >= 0.3 is 6.18 Å². The second-order valence-corrected chi connectivity index (χ2v) is 3.39. The molecule has 0 aliphatic rings. The van der Waals surface area contributed by atoms with Gasteiger partial charge in [0.15, 0.2) is 5.78 Å². The Labute approximate surface area is 103 Å². The molecule has 0 heterocycles. The summed E-state index contributed by atoms with van der Waals surface area (Å²) >= 11 is 0. The maximum Gasteiger partial charge on any atom is 0.450 e. The molecule has 6 heteroatoms. The van der Waals surface area contributed by atoms with E-state index in [4.69, 9.17) is 0 Å². The van der Waals surface area contributed by atoms with Crippen LogP contribution in [0.25, 0.3) is 0 Å². The van der Waals surface area contributed by atoms with Crippen LogP contribution in [0, 0.1) is 0 Å². The molecule has 0 saturated carbocycles. The summed E-state index contributed by atoms with van der Waals surface area (Å²) in [5, 5.41) is 2.75. The van der Waals surface area contributed by atoms with Crippen LogP contribution in [0.5, 0.6) is 0 Å². The molecular weight excluding hydrogens is 247 g/mol. The van der Waals surface area contributed by atoms with Gasteiger partial charge < -0.3 is 5.32 Å². The van der Waals surface area contributed by atoms with E-state index in [2.05, 4.69) is 5.32 Å². The molecule has 0 fully saturated rings. The molecule has 0 unspecified atom stereocenters. The molecule has 100 valence electrons. The molecule has 1 aromatic rings. The smallest absolute Gasteiger partial charge is 0.323 e. The highest BCUT2D eigenvalue weighted by molar-refractivity contribution is 6.09. The molecule has 0 amide bonds. The molecule has 1 rings (SSSR count). The van der Waals surface area contributed by atoms with Crippen LogP contribution in [-0.4, -0.2) is 31.8 Å². The van der Waals surface area contributed by atoms with Gasteiger partial charge in [0.05, 0.1) is 6.42 Å². The van der Waals surface area contributed by atoms with E-state index in [1.165, 1.54) is 24.3 Å². The first kappa shape index (κ1) is 16.3. The summed E-state index contributed by atoms with van der Waals surface area (Å²) in [6.07, 6.45) is -6.07. The summed E-state index contributed by atoms with van der Waals surface area (Å²) < 4.78 is 35.5. The minimum Gasteiger partial charge on any atom is -0.323 e. The van der Waals surface area contributed by atoms with E-state index < -0.39 is 24.2 Å². The van der Waals surface area contributed by atoms with E-state index in [0.717, 1.165) is 0 Å². The Bertz CT molecular complexity index is 388. The number of alkyl halides is 3. The van der Waals surface area contributed by atoms with E-state index in [9.17, 15) is 22.8 Å². The number of hydrogen-bond donors (Lipinski definition) is 1. The zero-order chi connectivity index (χ0) is 14.2. The highest BCUT2D eigenvalue weighted by Gasteiger charge is 2.39. The highest BCUT2D eigenvalue weighted by Crippen LogP contribution is 2.19. The van der Waals surface area contributed by atoms with Crippen molar-refractivity contribution >= 4 is 11.6 Å². The van der Waals surface area contributed by atoms with Crippen molar-refractivity contribution in [3.63, 3.8) is 0 Å². The highest BCUT2D eigenvalue weighted by atomic mass is 19.4. The Morgan fingerprint density at radius 2 is 1.56 bits per heavy atom. The lowest BCUT2D eigenvalue weighted by Gasteiger charge is -2.03. The van der Waals surface area contributed by atoms with Crippen LogP contribution in [0.15, 0.2) is 30.3 Å². The van der Waals surface area contributed by atoms with Crippen molar-refractivity contribution in [2.75, 3.05) is 14.1 Å². The van der Waals surface area contributed by atoms with Crippen molar-refractivity contribution in [3.8, 4) is 0 Å². The summed E-state index contributed by atoms with van der Waals surface area (Å²) in [6.45, 7) is 0. The van der Waals surface area contributed by atoms with Crippen LogP contribution in [0.3, 0.4) is 0 Å². The number of Topliss-reactive ketones (excluding diaryl/α,β-unsaturated/α-hetero) is 2. The predicted octanol–water partition coefficient (Wildman–Crippen LogP) is 2.23. The third kappa shape index (κ3) is 6.15. The molecule has 0 spiro atoms. The third-order valence-electron chi connectivity index (χ3n) is 1.73. The predicted molar refractivity (Wildman–Crippen MR) is 61.4 cm³/mol. The number of nitrogens with one attached hydrogen (secondary N) is 1. The second-order valence-electron chi connectivity index (χ2n) is 3.39. The van der Waals surface area contributed by atoms with Crippen molar-refractivity contribution in [3.05, 3.63) is 35.9 Å². The van der Waals surface area contributed by atoms with Crippen molar-refractivity contribution < 1.29 is 22.8 Å². The van der Waals surface area contributed by atoms with Gasteiger partial charge in [0, 0.05) is 5.56 Å². The van der Waals surface area contributed by atoms with Crippen LogP contribution < -0.4 is 5.32 Å². The fourth-order valence-electron chi connectivity index (χ4n) is 0.972. The van der Waals surface area contributed by atoms with Crippen molar-refractivity contribution in [1.82, 2.24) is 5.32 Å². The maximum absolute atomic E-state index is 11.8. The molecule has 0 atom stereocenters. The molecule has 3 nitrogen and oxygen atoms in total. The number of rotatable bonds is 3. The Balaban J connectivity index is 0.000000873. The molecule has 0 aliphatic heterocycles. The van der Waals surface area contributed by atoms with E-state index in [-0.39, 0.29) is 5.56 Å². The van der Waals surface area contributed by atoms with Crippen LogP contribution in [0.2, 0.25) is 0 Å². The summed E-state index contributed by atoms with van der Waals surface area (Å²) in [6, 6.07) is 7.40. The number of hydrogen-bond acceptors (Lipinski definition) is 3. The lowest BCUT2D eigenvalue weighted by atomic mass is 10.1. The topological polar surface area (TPSA) is 46.2 Å². The second kappa shape index (κ2) is 7.60. The minimum absolute atomic E-state index is 0.107. The first-order valence-electron chi connectivity index (χ1n) is 5.09. The van der Waals surface area contributed by atoms with E-state index >= 15 is 0 Å². The van der Waals surface area contributed by atoms with Crippen LogP contribution in [0.4, 0.5) is 13.2 Å². The average molecular weight is 261 g/mol. The van der Waals surface area contributed by atoms with Gasteiger partial charge in [-0.1, -0.05) is 30.3 Å². The molecule has 0 aliphatic carbocycles. The van der Waals surface area contributed by atoms with Crippen molar-refractivity contribution in [2.45, 2.75) is 12.6 Å². The average Bonchev–Trinajstić information content (AvgIpc) is 2.30. The molecule has 0 aromatic heterocycles. The normalized spacial score (nSPS) is 10.3. The number of benzene rings is 1. The van der Waals surface area contributed by atoms with Gasteiger partial charge in [-0.25, -0.2) is 0 Å². The van der Waals surface area contributed by atoms with Gasteiger partial charge in [0.2, 0.25) is 5.78 Å². The lowest BCUT2D eigenvalue weighted by molar-refractivity contribution is -0.170. The van der Waals surface area contributed by atoms with Crippen LogP contribution >= 0.6 is 0 Å². The molecule has 0 bridgehead atoms. The summed E-state index contributed by atoms with van der Waals surface area (Å²) in [4.78, 5) is 21.7. The standard InChI is InChI=1S/C10H7F3O2.C2H7N/c11-10(12,13)9(15)6-8(14)7-4-2-1-3-5-7;1-3-2/h1-5H,6H2;3H,1-2H3. The number of ketones is 2. The van der Waals surface area contributed by atoms with Crippen LogP contribution in [-0.2, 0) is 4.79 Å². The van der Waals surface area contributed by atoms with E-state index in [0.29, 0.717) is 0 Å². The van der Waals surface area contributed by atoms with Gasteiger partial charge in [0.25, 0.3) is 0 Å². The van der Waals surface area contributed by atoms with Crippen molar-refractivity contribution in [2.24, 2.45) is 0 Å².